The van der Waals surface area contributed by atoms with E-state index in [4.69, 9.17) is 9.47 Å². The minimum absolute atomic E-state index is 0.0559. The molecule has 0 spiro atoms. The van der Waals surface area contributed by atoms with E-state index in [-0.39, 0.29) is 44.3 Å². The first-order chi connectivity index (χ1) is 15.0. The maximum atomic E-state index is 13.4. The van der Waals surface area contributed by atoms with Gasteiger partial charge in [0.2, 0.25) is 9.84 Å². The Morgan fingerprint density at radius 1 is 0.548 bits per heavy atom. The van der Waals surface area contributed by atoms with Crippen LogP contribution in [0.1, 0.15) is 0 Å². The van der Waals surface area contributed by atoms with E-state index in [1.54, 1.807) is 42.5 Å². The average molecular weight is 434 g/mol. The van der Waals surface area contributed by atoms with Gasteiger partial charge in [0, 0.05) is 0 Å². The highest BCUT2D eigenvalue weighted by Crippen LogP contribution is 2.44. The summed E-state index contributed by atoms with van der Waals surface area (Å²) in [7, 11) is -3.98. The third-order valence-electron chi connectivity index (χ3n) is 4.45. The highest BCUT2D eigenvalue weighted by Gasteiger charge is 2.26. The Kier molecular flexibility index (Phi) is 5.51. The Hall–Kier alpha value is -3.97. The number of hydrogen-bond acceptors (Lipinski definition) is 6. The van der Waals surface area contributed by atoms with E-state index in [9.17, 15) is 18.6 Å². The number of hydrogen-bond donors (Lipinski definition) is 2. The van der Waals surface area contributed by atoms with Gasteiger partial charge in [0.05, 0.1) is 4.90 Å². The summed E-state index contributed by atoms with van der Waals surface area (Å²) in [5.74, 6) is -0.160. The highest BCUT2D eigenvalue weighted by atomic mass is 32.2. The van der Waals surface area contributed by atoms with Crippen LogP contribution in [-0.2, 0) is 9.84 Å². The van der Waals surface area contributed by atoms with Gasteiger partial charge in [-0.3, -0.25) is 0 Å². The Morgan fingerprint density at radius 3 is 1.68 bits per heavy atom. The molecule has 0 radical (unpaired) electrons. The lowest BCUT2D eigenvalue weighted by atomic mass is 10.3. The van der Waals surface area contributed by atoms with Gasteiger partial charge in [-0.15, -0.1) is 0 Å². The Morgan fingerprint density at radius 2 is 1.06 bits per heavy atom. The molecule has 0 aromatic heterocycles. The van der Waals surface area contributed by atoms with Crippen LogP contribution in [0.2, 0.25) is 0 Å². The second-order valence-corrected chi connectivity index (χ2v) is 8.46. The van der Waals surface area contributed by atoms with E-state index in [1.165, 1.54) is 54.6 Å². The minimum Gasteiger partial charge on any atom is -0.504 e. The molecule has 4 aromatic rings. The molecule has 0 heterocycles. The van der Waals surface area contributed by atoms with Crippen molar-refractivity contribution in [1.82, 2.24) is 0 Å². The monoisotopic (exact) mass is 434 g/mol. The molecule has 0 aliphatic heterocycles. The van der Waals surface area contributed by atoms with Crippen molar-refractivity contribution in [2.45, 2.75) is 9.79 Å². The van der Waals surface area contributed by atoms with Crippen molar-refractivity contribution in [3.8, 4) is 34.5 Å². The molecule has 0 bridgehead atoms. The summed E-state index contributed by atoms with van der Waals surface area (Å²) in [6.45, 7) is 0. The molecule has 4 rings (SSSR count). The molecule has 156 valence electrons. The predicted molar refractivity (Wildman–Crippen MR) is 115 cm³/mol. The topological polar surface area (TPSA) is 93.1 Å². The van der Waals surface area contributed by atoms with Crippen molar-refractivity contribution in [2.75, 3.05) is 0 Å². The van der Waals surface area contributed by atoms with Crippen LogP contribution in [0.3, 0.4) is 0 Å². The molecule has 0 unspecified atom stereocenters. The molecule has 2 N–H and O–H groups in total. The van der Waals surface area contributed by atoms with Gasteiger partial charge in [0.15, 0.2) is 34.5 Å². The van der Waals surface area contributed by atoms with Gasteiger partial charge in [0.1, 0.15) is 4.90 Å². The van der Waals surface area contributed by atoms with Gasteiger partial charge in [-0.05, 0) is 48.5 Å². The summed E-state index contributed by atoms with van der Waals surface area (Å²) in [6.07, 6.45) is 0. The van der Waals surface area contributed by atoms with Crippen LogP contribution >= 0.6 is 0 Å². The molecule has 31 heavy (non-hydrogen) atoms. The molecule has 0 fully saturated rings. The fourth-order valence-electron chi connectivity index (χ4n) is 2.93. The lowest BCUT2D eigenvalue weighted by Gasteiger charge is -2.17. The van der Waals surface area contributed by atoms with Gasteiger partial charge in [-0.2, -0.15) is 0 Å². The van der Waals surface area contributed by atoms with E-state index < -0.39 is 9.84 Å². The maximum Gasteiger partial charge on any atom is 0.210 e. The third kappa shape index (κ3) is 4.17. The lowest BCUT2D eigenvalue weighted by molar-refractivity contribution is 0.370. The van der Waals surface area contributed by atoms with Crippen LogP contribution in [0.15, 0.2) is 107 Å². The van der Waals surface area contributed by atoms with Crippen LogP contribution in [0.5, 0.6) is 34.5 Å². The first-order valence-electron chi connectivity index (χ1n) is 9.31. The number of para-hydroxylation sites is 5. The molecule has 0 saturated heterocycles. The molecule has 0 aliphatic carbocycles. The maximum absolute atomic E-state index is 13.4. The van der Waals surface area contributed by atoms with E-state index >= 15 is 0 Å². The van der Waals surface area contributed by atoms with Crippen molar-refractivity contribution in [3.63, 3.8) is 0 Å². The highest BCUT2D eigenvalue weighted by molar-refractivity contribution is 7.91. The molecule has 4 aromatic carbocycles. The molecule has 0 aliphatic rings. The molecule has 6 nitrogen and oxygen atoms in total. The van der Waals surface area contributed by atoms with Crippen molar-refractivity contribution in [1.29, 1.82) is 0 Å². The van der Waals surface area contributed by atoms with Crippen LogP contribution < -0.4 is 9.47 Å². The van der Waals surface area contributed by atoms with Crippen LogP contribution in [0.25, 0.3) is 0 Å². The summed E-state index contributed by atoms with van der Waals surface area (Å²) >= 11 is 0. The number of benzene rings is 4. The molecular formula is C24H18O6S. The largest absolute Gasteiger partial charge is 0.504 e. The zero-order valence-electron chi connectivity index (χ0n) is 16.2. The average Bonchev–Trinajstić information content (AvgIpc) is 2.78. The molecule has 7 heteroatoms. The van der Waals surface area contributed by atoms with E-state index in [0.29, 0.717) is 0 Å². The number of phenolic OH excluding ortho intramolecular Hbond substituents is 2. The third-order valence-corrected chi connectivity index (χ3v) is 6.24. The standard InChI is InChI=1S/C24H18O6S/c25-18-11-4-6-13-20(18)29-22-15-8-16-23(31(27,28)17-9-2-1-3-10-17)24(22)30-21-14-7-5-12-19(21)26/h1-16,25-26H. The van der Waals surface area contributed by atoms with E-state index in [2.05, 4.69) is 0 Å². The summed E-state index contributed by atoms with van der Waals surface area (Å²) in [5, 5.41) is 20.2. The van der Waals surface area contributed by atoms with E-state index in [1.807, 2.05) is 0 Å². The Balaban J connectivity index is 1.89. The SMILES string of the molecule is O=S(=O)(c1ccccc1)c1cccc(Oc2ccccc2O)c1Oc1ccccc1O. The number of aromatic hydroxyl groups is 2. The van der Waals surface area contributed by atoms with Crippen molar-refractivity contribution in [3.05, 3.63) is 97.1 Å². The fourth-order valence-corrected chi connectivity index (χ4v) is 4.34. The van der Waals surface area contributed by atoms with Gasteiger partial charge < -0.3 is 19.7 Å². The summed E-state index contributed by atoms with van der Waals surface area (Å²) in [5.41, 5.74) is 0. The normalized spacial score (nSPS) is 11.1. The predicted octanol–water partition coefficient (Wildman–Crippen LogP) is 5.52. The minimum atomic E-state index is -3.98. The number of rotatable bonds is 6. The molecule has 0 atom stereocenters. The fraction of sp³-hybridized carbons (Fsp3) is 0. The summed E-state index contributed by atoms with van der Waals surface area (Å²) in [6, 6.07) is 24.9. The molecule has 0 amide bonds. The summed E-state index contributed by atoms with van der Waals surface area (Å²) < 4.78 is 38.4. The second-order valence-electron chi connectivity index (χ2n) is 6.54. The van der Waals surface area contributed by atoms with Crippen LogP contribution in [-0.4, -0.2) is 18.6 Å². The molecule has 0 saturated carbocycles. The smallest absolute Gasteiger partial charge is 0.210 e. The van der Waals surface area contributed by atoms with Crippen molar-refractivity contribution < 1.29 is 28.1 Å². The number of ether oxygens (including phenoxy) is 2. The molecular weight excluding hydrogens is 416 g/mol. The Bertz CT molecular complexity index is 1320. The van der Waals surface area contributed by atoms with Gasteiger partial charge >= 0.3 is 0 Å². The summed E-state index contributed by atoms with van der Waals surface area (Å²) in [4.78, 5) is -0.0632. The second kappa shape index (κ2) is 8.41. The first kappa shape index (κ1) is 20.3. The lowest BCUT2D eigenvalue weighted by Crippen LogP contribution is -2.05. The van der Waals surface area contributed by atoms with Gasteiger partial charge in [0.25, 0.3) is 0 Å². The Labute approximate surface area is 179 Å². The van der Waals surface area contributed by atoms with Crippen LogP contribution in [0, 0.1) is 0 Å². The van der Waals surface area contributed by atoms with Crippen molar-refractivity contribution >= 4 is 9.84 Å². The van der Waals surface area contributed by atoms with Gasteiger partial charge in [-0.25, -0.2) is 8.42 Å². The zero-order valence-corrected chi connectivity index (χ0v) is 17.0. The van der Waals surface area contributed by atoms with Gasteiger partial charge in [-0.1, -0.05) is 48.5 Å². The zero-order chi connectivity index (χ0) is 21.8. The van der Waals surface area contributed by atoms with Crippen LogP contribution in [0.4, 0.5) is 0 Å². The first-order valence-corrected chi connectivity index (χ1v) is 10.8. The number of sulfone groups is 1. The van der Waals surface area contributed by atoms with E-state index in [0.717, 1.165) is 0 Å². The quantitative estimate of drug-likeness (QED) is 0.415. The van der Waals surface area contributed by atoms with Crippen molar-refractivity contribution in [2.24, 2.45) is 0 Å². The number of phenols is 2.